The van der Waals surface area contributed by atoms with Gasteiger partial charge in [-0.25, -0.2) is 0 Å². The minimum atomic E-state index is -0.0194. The molecule has 3 N–H and O–H groups in total. The summed E-state index contributed by atoms with van der Waals surface area (Å²) < 4.78 is 0. The summed E-state index contributed by atoms with van der Waals surface area (Å²) in [4.78, 5) is 26.2. The molecule has 0 aromatic rings. The Kier molecular flexibility index (Phi) is 8.46. The lowest BCUT2D eigenvalue weighted by Gasteiger charge is -2.37. The first-order valence-corrected chi connectivity index (χ1v) is 8.75. The standard InChI is InChI=1S/C17H33N3O2/c1-4-14(13(2)3)11-17(22)20-10-6-5-7-15(20)12-19-16(21)8-9-18/h13-15H,4-12,18H2,1-3H3,(H,19,21). The predicted molar refractivity (Wildman–Crippen MR) is 89.3 cm³/mol. The number of nitrogens with two attached hydrogens (primary N) is 1. The van der Waals surface area contributed by atoms with Crippen molar-refractivity contribution in [2.45, 2.75) is 65.3 Å². The van der Waals surface area contributed by atoms with Crippen molar-refractivity contribution in [1.29, 1.82) is 0 Å². The van der Waals surface area contributed by atoms with Crippen molar-refractivity contribution in [1.82, 2.24) is 10.2 Å². The Labute approximate surface area is 135 Å². The van der Waals surface area contributed by atoms with Crippen molar-refractivity contribution in [2.75, 3.05) is 19.6 Å². The summed E-state index contributed by atoms with van der Waals surface area (Å²) in [6.07, 6.45) is 5.19. The van der Waals surface area contributed by atoms with Crippen LogP contribution in [0.5, 0.6) is 0 Å². The monoisotopic (exact) mass is 311 g/mol. The number of amides is 2. The highest BCUT2D eigenvalue weighted by Crippen LogP contribution is 2.23. The molecule has 2 atom stereocenters. The third-order valence-corrected chi connectivity index (χ3v) is 4.76. The fourth-order valence-corrected chi connectivity index (χ4v) is 3.19. The summed E-state index contributed by atoms with van der Waals surface area (Å²) in [6, 6.07) is 0.146. The van der Waals surface area contributed by atoms with E-state index < -0.39 is 0 Å². The Hall–Kier alpha value is -1.10. The van der Waals surface area contributed by atoms with Crippen LogP contribution in [0.15, 0.2) is 0 Å². The number of nitrogens with one attached hydrogen (secondary N) is 1. The van der Waals surface area contributed by atoms with Crippen LogP contribution in [0.2, 0.25) is 0 Å². The maximum Gasteiger partial charge on any atom is 0.223 e. The van der Waals surface area contributed by atoms with Gasteiger partial charge in [0.1, 0.15) is 0 Å². The lowest BCUT2D eigenvalue weighted by Crippen LogP contribution is -2.50. The van der Waals surface area contributed by atoms with Crippen molar-refractivity contribution < 1.29 is 9.59 Å². The van der Waals surface area contributed by atoms with E-state index in [9.17, 15) is 9.59 Å². The molecule has 0 aliphatic carbocycles. The molecule has 22 heavy (non-hydrogen) atoms. The molecule has 5 nitrogen and oxygen atoms in total. The van der Waals surface area contributed by atoms with Crippen LogP contribution in [-0.2, 0) is 9.59 Å². The zero-order valence-corrected chi connectivity index (χ0v) is 14.4. The number of likely N-dealkylation sites (tertiary alicyclic amines) is 1. The van der Waals surface area contributed by atoms with Crippen molar-refractivity contribution >= 4 is 11.8 Å². The number of hydrogen-bond acceptors (Lipinski definition) is 3. The van der Waals surface area contributed by atoms with Crippen molar-refractivity contribution in [3.8, 4) is 0 Å². The van der Waals surface area contributed by atoms with Crippen molar-refractivity contribution in [2.24, 2.45) is 17.6 Å². The van der Waals surface area contributed by atoms with E-state index in [1.54, 1.807) is 0 Å². The first-order valence-electron chi connectivity index (χ1n) is 8.75. The molecule has 0 aromatic heterocycles. The molecule has 128 valence electrons. The highest BCUT2D eigenvalue weighted by molar-refractivity contribution is 5.78. The van der Waals surface area contributed by atoms with Crippen molar-refractivity contribution in [3.63, 3.8) is 0 Å². The molecular weight excluding hydrogens is 278 g/mol. The normalized spacial score (nSPS) is 20.0. The fourth-order valence-electron chi connectivity index (χ4n) is 3.19. The summed E-state index contributed by atoms with van der Waals surface area (Å²) >= 11 is 0. The van der Waals surface area contributed by atoms with E-state index in [-0.39, 0.29) is 17.9 Å². The quantitative estimate of drug-likeness (QED) is 0.719. The fraction of sp³-hybridized carbons (Fsp3) is 0.882. The number of carbonyl (C=O) groups excluding carboxylic acids is 2. The zero-order valence-electron chi connectivity index (χ0n) is 14.4. The Balaban J connectivity index is 2.56. The second-order valence-corrected chi connectivity index (χ2v) is 6.70. The van der Waals surface area contributed by atoms with Gasteiger partial charge in [0.25, 0.3) is 0 Å². The minimum Gasteiger partial charge on any atom is -0.354 e. The number of hydrogen-bond donors (Lipinski definition) is 2. The van der Waals surface area contributed by atoms with Crippen LogP contribution in [0.3, 0.4) is 0 Å². The summed E-state index contributed by atoms with van der Waals surface area (Å²) in [5.41, 5.74) is 5.39. The van der Waals surface area contributed by atoms with Gasteiger partial charge in [0.15, 0.2) is 0 Å². The largest absolute Gasteiger partial charge is 0.354 e. The van der Waals surface area contributed by atoms with Crippen molar-refractivity contribution in [3.05, 3.63) is 0 Å². The SMILES string of the molecule is CCC(CC(=O)N1CCCCC1CNC(=O)CCN)C(C)C. The van der Waals surface area contributed by atoms with E-state index in [4.69, 9.17) is 5.73 Å². The minimum absolute atomic E-state index is 0.0194. The smallest absolute Gasteiger partial charge is 0.223 e. The third-order valence-electron chi connectivity index (χ3n) is 4.76. The zero-order chi connectivity index (χ0) is 16.5. The summed E-state index contributed by atoms with van der Waals surface area (Å²) in [6.45, 7) is 8.27. The van der Waals surface area contributed by atoms with Crippen LogP contribution in [0.1, 0.15) is 59.3 Å². The van der Waals surface area contributed by atoms with Gasteiger partial charge in [-0.15, -0.1) is 0 Å². The number of rotatable bonds is 8. The van der Waals surface area contributed by atoms with Crippen LogP contribution < -0.4 is 11.1 Å². The first-order chi connectivity index (χ1) is 10.5. The van der Waals surface area contributed by atoms with E-state index in [0.29, 0.717) is 37.8 Å². The molecule has 2 amide bonds. The van der Waals surface area contributed by atoms with Gasteiger partial charge in [-0.05, 0) is 31.1 Å². The van der Waals surface area contributed by atoms with E-state index in [1.807, 2.05) is 4.90 Å². The Bertz CT molecular complexity index is 358. The molecule has 1 aliphatic rings. The second kappa shape index (κ2) is 9.82. The number of piperidine rings is 1. The number of carbonyl (C=O) groups is 2. The summed E-state index contributed by atoms with van der Waals surface area (Å²) in [5, 5.41) is 2.92. The molecule has 1 rings (SSSR count). The van der Waals surface area contributed by atoms with E-state index in [1.165, 1.54) is 0 Å². The van der Waals surface area contributed by atoms with Gasteiger partial charge in [0.05, 0.1) is 0 Å². The van der Waals surface area contributed by atoms with E-state index >= 15 is 0 Å². The lowest BCUT2D eigenvalue weighted by atomic mass is 9.89. The molecule has 5 heteroatoms. The Morgan fingerprint density at radius 2 is 2.05 bits per heavy atom. The predicted octanol–water partition coefficient (Wildman–Crippen LogP) is 1.90. The Morgan fingerprint density at radius 1 is 1.32 bits per heavy atom. The van der Waals surface area contributed by atoms with Gasteiger partial charge in [-0.1, -0.05) is 27.2 Å². The van der Waals surface area contributed by atoms with Gasteiger partial charge in [0, 0.05) is 38.5 Å². The van der Waals surface area contributed by atoms with Gasteiger partial charge >= 0.3 is 0 Å². The molecule has 0 radical (unpaired) electrons. The van der Waals surface area contributed by atoms with Gasteiger partial charge in [-0.3, -0.25) is 9.59 Å². The van der Waals surface area contributed by atoms with Gasteiger partial charge in [0.2, 0.25) is 11.8 Å². The van der Waals surface area contributed by atoms with Crippen LogP contribution in [0, 0.1) is 11.8 Å². The molecule has 0 spiro atoms. The average Bonchev–Trinajstić information content (AvgIpc) is 2.50. The molecule has 1 fully saturated rings. The van der Waals surface area contributed by atoms with Crippen LogP contribution >= 0.6 is 0 Å². The first kappa shape index (κ1) is 18.9. The molecule has 2 unspecified atom stereocenters. The average molecular weight is 311 g/mol. The highest BCUT2D eigenvalue weighted by Gasteiger charge is 2.28. The molecule has 0 saturated carbocycles. The maximum absolute atomic E-state index is 12.6. The molecule has 1 aliphatic heterocycles. The molecule has 1 heterocycles. The molecule has 1 saturated heterocycles. The van der Waals surface area contributed by atoms with Crippen LogP contribution in [0.4, 0.5) is 0 Å². The topological polar surface area (TPSA) is 75.4 Å². The van der Waals surface area contributed by atoms with E-state index in [0.717, 1.165) is 32.2 Å². The van der Waals surface area contributed by atoms with Gasteiger partial charge in [-0.2, -0.15) is 0 Å². The van der Waals surface area contributed by atoms with E-state index in [2.05, 4.69) is 26.1 Å². The molecule has 0 aromatic carbocycles. The Morgan fingerprint density at radius 3 is 2.64 bits per heavy atom. The molecule has 0 bridgehead atoms. The third kappa shape index (κ3) is 5.95. The summed E-state index contributed by atoms with van der Waals surface area (Å²) in [7, 11) is 0. The highest BCUT2D eigenvalue weighted by atomic mass is 16.2. The molecular formula is C17H33N3O2. The van der Waals surface area contributed by atoms with Crippen LogP contribution in [-0.4, -0.2) is 42.4 Å². The van der Waals surface area contributed by atoms with Gasteiger partial charge < -0.3 is 16.0 Å². The van der Waals surface area contributed by atoms with Crippen LogP contribution in [0.25, 0.3) is 0 Å². The lowest BCUT2D eigenvalue weighted by molar-refractivity contribution is -0.136. The summed E-state index contributed by atoms with van der Waals surface area (Å²) in [5.74, 6) is 1.20. The maximum atomic E-state index is 12.6. The second-order valence-electron chi connectivity index (χ2n) is 6.70. The number of nitrogens with zero attached hydrogens (tertiary/aromatic N) is 1.